The second kappa shape index (κ2) is 13.7. The van der Waals surface area contributed by atoms with Crippen molar-refractivity contribution in [3.8, 4) is 0 Å². The van der Waals surface area contributed by atoms with Gasteiger partial charge in [0.25, 0.3) is 0 Å². The molecule has 1 aromatic heterocycles. The Morgan fingerprint density at radius 3 is 2.42 bits per heavy atom. The maximum atomic E-state index is 11.8. The molecule has 0 saturated heterocycles. The van der Waals surface area contributed by atoms with Crippen molar-refractivity contribution in [3.63, 3.8) is 0 Å². The molecular weight excluding hydrogens is 492 g/mol. The van der Waals surface area contributed by atoms with Crippen molar-refractivity contribution in [2.75, 3.05) is 13.7 Å². The van der Waals surface area contributed by atoms with E-state index in [-0.39, 0.29) is 17.4 Å². The summed E-state index contributed by atoms with van der Waals surface area (Å²) in [5.41, 5.74) is 1.99. The Morgan fingerprint density at radius 2 is 1.83 bits per heavy atom. The van der Waals surface area contributed by atoms with Crippen molar-refractivity contribution >= 4 is 25.7 Å². The zero-order valence-electron chi connectivity index (χ0n) is 23.1. The fourth-order valence-electron chi connectivity index (χ4n) is 3.22. The highest BCUT2D eigenvalue weighted by Gasteiger charge is 2.37. The Hall–Kier alpha value is -1.78. The van der Waals surface area contributed by atoms with E-state index >= 15 is 0 Å². The van der Waals surface area contributed by atoms with Gasteiger partial charge in [-0.2, -0.15) is 0 Å². The number of alkyl carbamates (subject to hydrolysis) is 1. The van der Waals surface area contributed by atoms with Crippen LogP contribution in [0.2, 0.25) is 18.1 Å². The van der Waals surface area contributed by atoms with Gasteiger partial charge in [0.15, 0.2) is 8.32 Å². The fraction of sp³-hybridized carbons (Fsp3) is 0.630. The highest BCUT2D eigenvalue weighted by molar-refractivity contribution is 7.11. The number of benzene rings is 1. The zero-order chi connectivity index (χ0) is 26.9. The monoisotopic (exact) mass is 536 g/mol. The summed E-state index contributed by atoms with van der Waals surface area (Å²) >= 11 is 1.49. The number of aliphatic hydroxyl groups is 1. The average Bonchev–Trinajstić information content (AvgIpc) is 3.23. The van der Waals surface area contributed by atoms with Crippen LogP contribution in [0, 0.1) is 5.92 Å². The molecule has 1 heterocycles. The van der Waals surface area contributed by atoms with Crippen molar-refractivity contribution in [2.45, 2.75) is 91.0 Å². The smallest absolute Gasteiger partial charge is 0.407 e. The number of rotatable bonds is 13. The molecule has 202 valence electrons. The summed E-state index contributed by atoms with van der Waals surface area (Å²) in [6.45, 7) is 16.5. The Bertz CT molecular complexity index is 943. The van der Waals surface area contributed by atoms with Crippen LogP contribution in [0.1, 0.15) is 68.3 Å². The van der Waals surface area contributed by atoms with Gasteiger partial charge in [-0.3, -0.25) is 0 Å². The molecule has 2 aromatic rings. The van der Waals surface area contributed by atoms with Crippen LogP contribution in [-0.2, 0) is 33.5 Å². The molecule has 7 nitrogen and oxygen atoms in total. The summed E-state index contributed by atoms with van der Waals surface area (Å²) < 4.78 is 17.8. The van der Waals surface area contributed by atoms with Crippen molar-refractivity contribution in [1.29, 1.82) is 0 Å². The predicted octanol–water partition coefficient (Wildman–Crippen LogP) is 6.23. The minimum atomic E-state index is -1.97. The number of ether oxygens (including phenoxy) is 2. The molecular formula is C27H44N2O5SSi. The molecule has 36 heavy (non-hydrogen) atoms. The fourth-order valence-corrected chi connectivity index (χ4v) is 5.20. The lowest BCUT2D eigenvalue weighted by Gasteiger charge is -2.36. The Kier molecular flexibility index (Phi) is 11.6. The van der Waals surface area contributed by atoms with Crippen molar-refractivity contribution in [3.05, 3.63) is 51.5 Å². The van der Waals surface area contributed by atoms with Crippen LogP contribution in [0.5, 0.6) is 0 Å². The third-order valence-electron chi connectivity index (χ3n) is 6.70. The van der Waals surface area contributed by atoms with E-state index in [0.29, 0.717) is 31.2 Å². The third kappa shape index (κ3) is 9.26. The molecule has 1 aromatic carbocycles. The maximum absolute atomic E-state index is 11.8. The number of aromatic nitrogens is 1. The Balaban J connectivity index is 2.14. The molecule has 1 amide bonds. The van der Waals surface area contributed by atoms with E-state index in [0.717, 1.165) is 16.1 Å². The first-order valence-electron chi connectivity index (χ1n) is 12.6. The number of thiazole rings is 1. The number of aliphatic hydroxyl groups excluding tert-OH is 1. The Morgan fingerprint density at radius 1 is 1.17 bits per heavy atom. The summed E-state index contributed by atoms with van der Waals surface area (Å²) in [6.07, 6.45) is -0.785. The van der Waals surface area contributed by atoms with Gasteiger partial charge in [0.05, 0.1) is 25.5 Å². The van der Waals surface area contributed by atoms with Crippen LogP contribution >= 0.6 is 11.3 Å². The molecule has 0 bridgehead atoms. The van der Waals surface area contributed by atoms with E-state index in [9.17, 15) is 9.90 Å². The van der Waals surface area contributed by atoms with Crippen LogP contribution in [0.4, 0.5) is 4.79 Å². The summed E-state index contributed by atoms with van der Waals surface area (Å²) in [6, 6.07) is 10.1. The summed E-state index contributed by atoms with van der Waals surface area (Å²) in [5.74, 6) is 0.0594. The van der Waals surface area contributed by atoms with Gasteiger partial charge in [-0.1, -0.05) is 65.0 Å². The molecule has 0 fully saturated rings. The van der Waals surface area contributed by atoms with Gasteiger partial charge in [0, 0.05) is 24.8 Å². The minimum Gasteiger partial charge on any atom is -0.446 e. The van der Waals surface area contributed by atoms with Crippen LogP contribution in [0.15, 0.2) is 30.3 Å². The number of nitrogens with one attached hydrogen (secondary N) is 1. The van der Waals surface area contributed by atoms with Crippen LogP contribution in [0.3, 0.4) is 0 Å². The van der Waals surface area contributed by atoms with E-state index in [4.69, 9.17) is 18.9 Å². The highest BCUT2D eigenvalue weighted by Crippen LogP contribution is 2.38. The zero-order valence-corrected chi connectivity index (χ0v) is 24.9. The first kappa shape index (κ1) is 30.4. The number of nitrogens with zero attached hydrogens (tertiary/aromatic N) is 1. The minimum absolute atomic E-state index is 0.0594. The first-order valence-corrected chi connectivity index (χ1v) is 16.4. The van der Waals surface area contributed by atoms with Gasteiger partial charge in [0.1, 0.15) is 17.2 Å². The predicted molar refractivity (Wildman–Crippen MR) is 148 cm³/mol. The molecule has 0 spiro atoms. The topological polar surface area (TPSA) is 89.9 Å². The molecule has 9 heteroatoms. The van der Waals surface area contributed by atoms with Gasteiger partial charge in [-0.25, -0.2) is 9.78 Å². The molecule has 2 rings (SSSR count). The summed E-state index contributed by atoms with van der Waals surface area (Å²) in [5, 5.41) is 14.2. The molecule has 0 radical (unpaired) electrons. The number of carbonyl (C=O) groups excluding carboxylic acids is 1. The molecule has 2 atom stereocenters. The Labute approximate surface area is 221 Å². The van der Waals surface area contributed by atoms with Gasteiger partial charge < -0.3 is 24.3 Å². The quantitative estimate of drug-likeness (QED) is 0.233. The number of hydrogen-bond donors (Lipinski definition) is 2. The second-order valence-electron chi connectivity index (χ2n) is 10.9. The van der Waals surface area contributed by atoms with E-state index < -0.39 is 26.6 Å². The third-order valence-corrected chi connectivity index (χ3v) is 12.4. The van der Waals surface area contributed by atoms with Crippen LogP contribution in [-0.4, -0.2) is 44.3 Å². The number of hydrogen-bond acceptors (Lipinski definition) is 7. The van der Waals surface area contributed by atoms with Gasteiger partial charge >= 0.3 is 6.09 Å². The van der Waals surface area contributed by atoms with Gasteiger partial charge in [0.2, 0.25) is 0 Å². The van der Waals surface area contributed by atoms with Crippen LogP contribution < -0.4 is 5.32 Å². The van der Waals surface area contributed by atoms with Crippen molar-refractivity contribution in [1.82, 2.24) is 10.3 Å². The molecule has 0 saturated carbocycles. The van der Waals surface area contributed by atoms with E-state index in [1.165, 1.54) is 18.4 Å². The summed E-state index contributed by atoms with van der Waals surface area (Å²) in [7, 11) is -0.443. The molecule has 0 aliphatic rings. The summed E-state index contributed by atoms with van der Waals surface area (Å²) in [4.78, 5) is 17.6. The van der Waals surface area contributed by atoms with Gasteiger partial charge in [-0.05, 0) is 29.6 Å². The van der Waals surface area contributed by atoms with Crippen molar-refractivity contribution in [2.24, 2.45) is 5.92 Å². The molecule has 2 N–H and O–H groups in total. The van der Waals surface area contributed by atoms with E-state index in [1.807, 2.05) is 44.2 Å². The lowest BCUT2D eigenvalue weighted by Crippen LogP contribution is -2.40. The first-order chi connectivity index (χ1) is 16.8. The van der Waals surface area contributed by atoms with E-state index in [1.54, 1.807) is 0 Å². The number of carbonyl (C=O) groups is 1. The normalized spacial score (nSPS) is 14.1. The van der Waals surface area contributed by atoms with Gasteiger partial charge in [-0.15, -0.1) is 11.3 Å². The SMILES string of the molecule is CNC(=O)OC(CC(O)c1nc(CO[Si](C)(C)C(C)(C)C)c(CCOCc2ccccc2)s1)C(C)C. The molecule has 0 aliphatic carbocycles. The lowest BCUT2D eigenvalue weighted by molar-refractivity contribution is 0.0307. The van der Waals surface area contributed by atoms with E-state index in [2.05, 4.69) is 39.2 Å². The molecule has 2 unspecified atom stereocenters. The average molecular weight is 537 g/mol. The standard InChI is InChI=1S/C27H44N2O5SSi/c1-19(2)23(34-26(31)28-6)16-22(30)25-29-21(18-33-36(7,8)27(3,4)5)24(35-25)14-15-32-17-20-12-10-9-11-13-20/h9-13,19,22-23,30H,14-18H2,1-8H3,(H,28,31). The lowest BCUT2D eigenvalue weighted by atomic mass is 10.0. The van der Waals surface area contributed by atoms with Crippen LogP contribution in [0.25, 0.3) is 0 Å². The highest BCUT2D eigenvalue weighted by atomic mass is 32.1. The largest absolute Gasteiger partial charge is 0.446 e. The number of amides is 1. The maximum Gasteiger partial charge on any atom is 0.407 e. The second-order valence-corrected chi connectivity index (χ2v) is 16.9. The molecule has 0 aliphatic heterocycles. The van der Waals surface area contributed by atoms with Crippen molar-refractivity contribution < 1.29 is 23.8 Å².